The lowest BCUT2D eigenvalue weighted by atomic mass is 9.99. The van der Waals surface area contributed by atoms with Crippen molar-refractivity contribution >= 4 is 39.5 Å². The first-order valence-corrected chi connectivity index (χ1v) is 38.3. The fraction of sp³-hybridized carbons (Fsp3) is 0.941. The van der Waals surface area contributed by atoms with Gasteiger partial charge in [0.1, 0.15) is 19.3 Å². The van der Waals surface area contributed by atoms with Crippen LogP contribution in [0.25, 0.3) is 0 Å². The molecule has 3 N–H and O–H groups in total. The standard InChI is InChI=1S/C68H132O17P2/c1-9-60(7)46-38-30-21-17-14-15-19-23-34-42-50-67(72)84-63(54-78-65(70)48-40-32-22-18-13-11-12-16-20-28-36-44-58(3)4)56-82-86(74,75)80-52-62(69)53-81-87(76,77)83-57-64(55-79-66(71)49-41-33-26-24-29-37-45-59(5)6)85-68(73)51-43-35-27-25-31-39-47-61(8)10-2/h58-64,69H,9-57H2,1-8H3,(H,74,75)(H,76,77)/t60?,61?,62-,63-,64-/m1/s1. The molecule has 0 spiro atoms. The van der Waals surface area contributed by atoms with E-state index in [0.717, 1.165) is 114 Å². The second-order valence-electron chi connectivity index (χ2n) is 26.0. The Morgan fingerprint density at radius 3 is 0.816 bits per heavy atom. The summed E-state index contributed by atoms with van der Waals surface area (Å²) >= 11 is 0. The van der Waals surface area contributed by atoms with Crippen LogP contribution in [0.1, 0.15) is 331 Å². The van der Waals surface area contributed by atoms with Crippen LogP contribution >= 0.6 is 15.6 Å². The molecule has 4 unspecified atom stereocenters. The van der Waals surface area contributed by atoms with Crippen molar-refractivity contribution in [1.29, 1.82) is 0 Å². The number of carbonyl (C=O) groups is 4. The van der Waals surface area contributed by atoms with Gasteiger partial charge in [-0.1, -0.05) is 280 Å². The topological polar surface area (TPSA) is 237 Å². The largest absolute Gasteiger partial charge is 0.472 e. The van der Waals surface area contributed by atoms with Crippen molar-refractivity contribution in [2.24, 2.45) is 23.7 Å². The summed E-state index contributed by atoms with van der Waals surface area (Å²) in [4.78, 5) is 72.4. The van der Waals surface area contributed by atoms with E-state index in [-0.39, 0.29) is 25.7 Å². The van der Waals surface area contributed by atoms with Crippen LogP contribution in [0.4, 0.5) is 0 Å². The van der Waals surface area contributed by atoms with Gasteiger partial charge in [-0.05, 0) is 49.4 Å². The zero-order chi connectivity index (χ0) is 64.7. The molecule has 0 fully saturated rings. The number of phosphoric acid groups is 2. The van der Waals surface area contributed by atoms with Crippen molar-refractivity contribution in [1.82, 2.24) is 0 Å². The number of rotatable bonds is 65. The predicted molar refractivity (Wildman–Crippen MR) is 349 cm³/mol. The summed E-state index contributed by atoms with van der Waals surface area (Å²) < 4.78 is 68.2. The van der Waals surface area contributed by atoms with Gasteiger partial charge in [0, 0.05) is 25.7 Å². The van der Waals surface area contributed by atoms with Gasteiger partial charge in [0.2, 0.25) is 0 Å². The van der Waals surface area contributed by atoms with Gasteiger partial charge < -0.3 is 33.8 Å². The molecule has 0 saturated carbocycles. The first-order valence-electron chi connectivity index (χ1n) is 35.3. The van der Waals surface area contributed by atoms with E-state index in [0.29, 0.717) is 31.6 Å². The zero-order valence-electron chi connectivity index (χ0n) is 56.6. The Bertz CT molecular complexity index is 1730. The van der Waals surface area contributed by atoms with Crippen LogP contribution in [0.15, 0.2) is 0 Å². The number of hydrogen-bond donors (Lipinski definition) is 3. The van der Waals surface area contributed by atoms with E-state index in [2.05, 4.69) is 55.4 Å². The Morgan fingerprint density at radius 1 is 0.322 bits per heavy atom. The summed E-state index contributed by atoms with van der Waals surface area (Å²) in [7, 11) is -9.90. The summed E-state index contributed by atoms with van der Waals surface area (Å²) in [5, 5.41) is 10.6. The van der Waals surface area contributed by atoms with Gasteiger partial charge in [0.05, 0.1) is 26.4 Å². The molecular formula is C68H132O17P2. The fourth-order valence-corrected chi connectivity index (χ4v) is 11.7. The van der Waals surface area contributed by atoms with Crippen molar-refractivity contribution in [3.63, 3.8) is 0 Å². The highest BCUT2D eigenvalue weighted by Crippen LogP contribution is 2.45. The summed E-state index contributed by atoms with van der Waals surface area (Å²) in [6.45, 7) is 14.0. The molecule has 17 nitrogen and oxygen atoms in total. The number of aliphatic hydroxyl groups is 1. The molecule has 0 saturated heterocycles. The molecule has 0 aliphatic carbocycles. The average molecular weight is 1280 g/mol. The van der Waals surface area contributed by atoms with Crippen molar-refractivity contribution in [2.45, 2.75) is 350 Å². The second kappa shape index (κ2) is 57.9. The van der Waals surface area contributed by atoms with E-state index in [9.17, 15) is 43.2 Å². The summed E-state index contributed by atoms with van der Waals surface area (Å²) in [5.74, 6) is 0.837. The molecule has 0 heterocycles. The van der Waals surface area contributed by atoms with Crippen LogP contribution in [0, 0.1) is 23.7 Å². The third kappa shape index (κ3) is 60.1. The molecule has 0 aromatic rings. The second-order valence-corrected chi connectivity index (χ2v) is 28.9. The Balaban J connectivity index is 5.26. The molecule has 516 valence electrons. The molecular weight excluding hydrogens is 1150 g/mol. The molecule has 0 rings (SSSR count). The van der Waals surface area contributed by atoms with Crippen molar-refractivity contribution in [3.8, 4) is 0 Å². The normalized spacial score (nSPS) is 15.0. The SMILES string of the molecule is CCC(C)CCCCCCCCCCCCC(=O)O[C@H](COC(=O)CCCCCCCCCCCCCC(C)C)COP(=O)(O)OC[C@@H](O)COP(=O)(O)OC[C@@H](COC(=O)CCCCCCCCC(C)C)OC(=O)CCCCCCCCC(C)CC. The molecule has 0 aliphatic heterocycles. The summed E-state index contributed by atoms with van der Waals surface area (Å²) in [5.41, 5.74) is 0. The van der Waals surface area contributed by atoms with Crippen LogP contribution in [-0.4, -0.2) is 96.7 Å². The van der Waals surface area contributed by atoms with Crippen LogP contribution in [-0.2, 0) is 65.4 Å². The van der Waals surface area contributed by atoms with Crippen LogP contribution in [0.5, 0.6) is 0 Å². The smallest absolute Gasteiger partial charge is 0.462 e. The summed E-state index contributed by atoms with van der Waals surface area (Å²) in [6.07, 6.45) is 39.0. The number of carbonyl (C=O) groups excluding carboxylic acids is 4. The maximum atomic E-state index is 13.0. The van der Waals surface area contributed by atoms with E-state index >= 15 is 0 Å². The minimum absolute atomic E-state index is 0.101. The Labute approximate surface area is 530 Å². The van der Waals surface area contributed by atoms with E-state index in [1.165, 1.54) is 128 Å². The van der Waals surface area contributed by atoms with Gasteiger partial charge in [0.15, 0.2) is 12.2 Å². The van der Waals surface area contributed by atoms with Gasteiger partial charge in [-0.25, -0.2) is 9.13 Å². The molecule has 0 radical (unpaired) electrons. The number of aliphatic hydroxyl groups excluding tert-OH is 1. The minimum atomic E-state index is -4.95. The highest BCUT2D eigenvalue weighted by Gasteiger charge is 2.30. The number of hydrogen-bond acceptors (Lipinski definition) is 15. The van der Waals surface area contributed by atoms with Gasteiger partial charge >= 0.3 is 39.5 Å². The lowest BCUT2D eigenvalue weighted by Gasteiger charge is -2.21. The van der Waals surface area contributed by atoms with Crippen LogP contribution < -0.4 is 0 Å². The lowest BCUT2D eigenvalue weighted by Crippen LogP contribution is -2.30. The van der Waals surface area contributed by atoms with E-state index in [1.807, 2.05) is 0 Å². The number of phosphoric ester groups is 2. The van der Waals surface area contributed by atoms with Gasteiger partial charge in [-0.15, -0.1) is 0 Å². The van der Waals surface area contributed by atoms with Gasteiger partial charge in [-0.2, -0.15) is 0 Å². The van der Waals surface area contributed by atoms with Crippen molar-refractivity contribution < 1.29 is 80.2 Å². The Kier molecular flexibility index (Phi) is 56.6. The van der Waals surface area contributed by atoms with Crippen molar-refractivity contribution in [3.05, 3.63) is 0 Å². The van der Waals surface area contributed by atoms with E-state index in [4.69, 9.17) is 37.0 Å². The lowest BCUT2D eigenvalue weighted by molar-refractivity contribution is -0.161. The number of ether oxygens (including phenoxy) is 4. The first kappa shape index (κ1) is 85.1. The maximum absolute atomic E-state index is 13.0. The highest BCUT2D eigenvalue weighted by molar-refractivity contribution is 7.47. The number of unbranched alkanes of at least 4 members (excludes halogenated alkanes) is 29. The van der Waals surface area contributed by atoms with E-state index < -0.39 is 97.5 Å². The van der Waals surface area contributed by atoms with Gasteiger partial charge in [-0.3, -0.25) is 37.3 Å². The van der Waals surface area contributed by atoms with Gasteiger partial charge in [0.25, 0.3) is 0 Å². The Hall–Kier alpha value is -1.94. The Morgan fingerprint density at radius 2 is 0.552 bits per heavy atom. The first-order chi connectivity index (χ1) is 41.7. The highest BCUT2D eigenvalue weighted by atomic mass is 31.2. The molecule has 87 heavy (non-hydrogen) atoms. The average Bonchev–Trinajstić information content (AvgIpc) is 3.69. The van der Waals surface area contributed by atoms with Crippen LogP contribution in [0.3, 0.4) is 0 Å². The molecule has 0 amide bonds. The molecule has 0 bridgehead atoms. The molecule has 0 aliphatic rings. The third-order valence-electron chi connectivity index (χ3n) is 16.3. The fourth-order valence-electron chi connectivity index (χ4n) is 10.1. The van der Waals surface area contributed by atoms with Crippen LogP contribution in [0.2, 0.25) is 0 Å². The maximum Gasteiger partial charge on any atom is 0.472 e. The molecule has 0 aromatic carbocycles. The summed E-state index contributed by atoms with van der Waals surface area (Å²) in [6, 6.07) is 0. The number of esters is 4. The quantitative estimate of drug-likeness (QED) is 0.0222. The zero-order valence-corrected chi connectivity index (χ0v) is 58.4. The molecule has 0 aromatic heterocycles. The molecule has 7 atom stereocenters. The minimum Gasteiger partial charge on any atom is -0.462 e. The van der Waals surface area contributed by atoms with Crippen molar-refractivity contribution in [2.75, 3.05) is 39.6 Å². The monoisotopic (exact) mass is 1280 g/mol. The van der Waals surface area contributed by atoms with E-state index in [1.54, 1.807) is 0 Å². The molecule has 19 heteroatoms. The predicted octanol–water partition coefficient (Wildman–Crippen LogP) is 18.9. The third-order valence-corrected chi connectivity index (χ3v) is 18.2.